The average Bonchev–Trinajstić information content (AvgIpc) is 2.29. The summed E-state index contributed by atoms with van der Waals surface area (Å²) in [6.45, 7) is 8.84. The lowest BCUT2D eigenvalue weighted by Gasteiger charge is -2.29. The number of hydrogen-bond donors (Lipinski definition) is 0. The van der Waals surface area contributed by atoms with Crippen LogP contribution in [0.2, 0.25) is 0 Å². The van der Waals surface area contributed by atoms with E-state index in [4.69, 9.17) is 4.74 Å². The molecule has 0 spiro atoms. The topological polar surface area (TPSA) is 26.3 Å². The van der Waals surface area contributed by atoms with Crippen LogP contribution in [0.1, 0.15) is 52.0 Å². The molecule has 0 bridgehead atoms. The lowest BCUT2D eigenvalue weighted by Crippen LogP contribution is -2.28. The fourth-order valence-electron chi connectivity index (χ4n) is 2.04. The van der Waals surface area contributed by atoms with E-state index in [1.54, 1.807) is 0 Å². The largest absolute Gasteiger partial charge is 0.465 e. The monoisotopic (exact) mass is 248 g/mol. The van der Waals surface area contributed by atoms with E-state index in [1.165, 1.54) is 0 Å². The first-order chi connectivity index (χ1) is 8.46. The molecule has 0 fully saturated rings. The van der Waals surface area contributed by atoms with Crippen LogP contribution >= 0.6 is 0 Å². The smallest absolute Gasteiger partial charge is 0.313 e. The van der Waals surface area contributed by atoms with Crippen molar-refractivity contribution in [1.82, 2.24) is 0 Å². The van der Waals surface area contributed by atoms with Gasteiger partial charge in [0.15, 0.2) is 0 Å². The first-order valence-electron chi connectivity index (χ1n) is 6.68. The number of ether oxygens (including phenoxy) is 1. The molecular weight excluding hydrogens is 224 g/mol. The summed E-state index contributed by atoms with van der Waals surface area (Å²) >= 11 is 0. The van der Waals surface area contributed by atoms with Gasteiger partial charge in [0.25, 0.3) is 0 Å². The van der Waals surface area contributed by atoms with Crippen molar-refractivity contribution in [3.05, 3.63) is 35.9 Å². The van der Waals surface area contributed by atoms with Gasteiger partial charge in [-0.1, -0.05) is 64.4 Å². The molecular formula is C16H24O2. The van der Waals surface area contributed by atoms with Crippen molar-refractivity contribution in [3.63, 3.8) is 0 Å². The second-order valence-electron chi connectivity index (χ2n) is 5.73. The second-order valence-corrected chi connectivity index (χ2v) is 5.73. The van der Waals surface area contributed by atoms with E-state index < -0.39 is 0 Å². The molecule has 1 atom stereocenters. The molecule has 1 aromatic rings. The average molecular weight is 248 g/mol. The van der Waals surface area contributed by atoms with Crippen LogP contribution in [-0.4, -0.2) is 12.6 Å². The minimum absolute atomic E-state index is 0.109. The summed E-state index contributed by atoms with van der Waals surface area (Å²) < 4.78 is 5.39. The highest BCUT2D eigenvalue weighted by Gasteiger charge is 2.33. The predicted molar refractivity (Wildman–Crippen MR) is 74.5 cm³/mol. The van der Waals surface area contributed by atoms with Gasteiger partial charge < -0.3 is 4.74 Å². The number of carbonyl (C=O) groups excluding carboxylic acids is 1. The van der Waals surface area contributed by atoms with E-state index in [2.05, 4.69) is 27.7 Å². The first-order valence-corrected chi connectivity index (χ1v) is 6.68. The SMILES string of the molecule is CCCCOC(=O)[C@@H](c1ccccc1)C(C)(C)C. The molecule has 0 unspecified atom stereocenters. The third kappa shape index (κ3) is 4.17. The highest BCUT2D eigenvalue weighted by atomic mass is 16.5. The molecule has 0 aliphatic rings. The third-order valence-electron chi connectivity index (χ3n) is 2.98. The van der Waals surface area contributed by atoms with Gasteiger partial charge in [0, 0.05) is 0 Å². The van der Waals surface area contributed by atoms with Gasteiger partial charge in [-0.05, 0) is 17.4 Å². The Hall–Kier alpha value is -1.31. The molecule has 1 rings (SSSR count). The second kappa shape index (κ2) is 6.58. The van der Waals surface area contributed by atoms with Crippen LogP contribution in [0, 0.1) is 5.41 Å². The summed E-state index contributed by atoms with van der Waals surface area (Å²) in [7, 11) is 0. The minimum Gasteiger partial charge on any atom is -0.465 e. The predicted octanol–water partition coefficient (Wildman–Crippen LogP) is 4.16. The third-order valence-corrected chi connectivity index (χ3v) is 2.98. The molecule has 1 aromatic carbocycles. The van der Waals surface area contributed by atoms with E-state index in [0.717, 1.165) is 18.4 Å². The van der Waals surface area contributed by atoms with Crippen molar-refractivity contribution in [3.8, 4) is 0 Å². The molecule has 18 heavy (non-hydrogen) atoms. The summed E-state index contributed by atoms with van der Waals surface area (Å²) in [4.78, 5) is 12.2. The van der Waals surface area contributed by atoms with E-state index in [9.17, 15) is 4.79 Å². The molecule has 0 radical (unpaired) electrons. The number of unbranched alkanes of at least 4 members (excludes halogenated alkanes) is 1. The Kier molecular flexibility index (Phi) is 5.39. The number of rotatable bonds is 5. The number of hydrogen-bond acceptors (Lipinski definition) is 2. The zero-order valence-electron chi connectivity index (χ0n) is 11.9. The van der Waals surface area contributed by atoms with Crippen LogP contribution in [0.25, 0.3) is 0 Å². The van der Waals surface area contributed by atoms with Crippen molar-refractivity contribution in [2.75, 3.05) is 6.61 Å². The standard InChI is InChI=1S/C16H24O2/c1-5-6-12-18-15(17)14(16(2,3)4)13-10-8-7-9-11-13/h7-11,14H,5-6,12H2,1-4H3/t14-/m1/s1. The van der Waals surface area contributed by atoms with Crippen LogP contribution in [-0.2, 0) is 9.53 Å². The Labute approximate surface area is 110 Å². The van der Waals surface area contributed by atoms with Gasteiger partial charge in [0.1, 0.15) is 0 Å². The van der Waals surface area contributed by atoms with Gasteiger partial charge in [0.05, 0.1) is 12.5 Å². The molecule has 0 aromatic heterocycles. The van der Waals surface area contributed by atoms with Crippen molar-refractivity contribution in [1.29, 1.82) is 0 Å². The molecule has 0 N–H and O–H groups in total. The Bertz CT molecular complexity index is 362. The van der Waals surface area contributed by atoms with Gasteiger partial charge in [-0.3, -0.25) is 4.79 Å². The molecule has 0 heterocycles. The lowest BCUT2D eigenvalue weighted by molar-refractivity contribution is -0.148. The van der Waals surface area contributed by atoms with Gasteiger partial charge >= 0.3 is 5.97 Å². The first kappa shape index (κ1) is 14.7. The Morgan fingerprint density at radius 1 is 1.22 bits per heavy atom. The minimum atomic E-state index is -0.199. The summed E-state index contributed by atoms with van der Waals surface area (Å²) in [5, 5.41) is 0. The van der Waals surface area contributed by atoms with E-state index in [-0.39, 0.29) is 17.3 Å². The van der Waals surface area contributed by atoms with E-state index in [1.807, 2.05) is 30.3 Å². The van der Waals surface area contributed by atoms with Crippen molar-refractivity contribution in [2.45, 2.75) is 46.5 Å². The zero-order chi connectivity index (χ0) is 13.6. The van der Waals surface area contributed by atoms with Crippen LogP contribution in [0.15, 0.2) is 30.3 Å². The highest BCUT2D eigenvalue weighted by Crippen LogP contribution is 2.35. The van der Waals surface area contributed by atoms with Gasteiger partial charge in [-0.15, -0.1) is 0 Å². The maximum atomic E-state index is 12.2. The van der Waals surface area contributed by atoms with Crippen molar-refractivity contribution >= 4 is 5.97 Å². The quantitative estimate of drug-likeness (QED) is 0.577. The number of esters is 1. The van der Waals surface area contributed by atoms with Gasteiger partial charge in [-0.2, -0.15) is 0 Å². The van der Waals surface area contributed by atoms with Crippen LogP contribution in [0.5, 0.6) is 0 Å². The van der Waals surface area contributed by atoms with E-state index >= 15 is 0 Å². The molecule has 100 valence electrons. The molecule has 2 nitrogen and oxygen atoms in total. The van der Waals surface area contributed by atoms with Crippen LogP contribution in [0.4, 0.5) is 0 Å². The molecule has 0 saturated carbocycles. The summed E-state index contributed by atoms with van der Waals surface area (Å²) in [5.41, 5.74) is 0.900. The summed E-state index contributed by atoms with van der Waals surface area (Å²) in [5.74, 6) is -0.308. The maximum absolute atomic E-state index is 12.2. The van der Waals surface area contributed by atoms with Crippen LogP contribution in [0.3, 0.4) is 0 Å². The number of carbonyl (C=O) groups is 1. The van der Waals surface area contributed by atoms with Crippen molar-refractivity contribution in [2.24, 2.45) is 5.41 Å². The molecule has 0 aliphatic carbocycles. The van der Waals surface area contributed by atoms with Crippen LogP contribution < -0.4 is 0 Å². The number of benzene rings is 1. The summed E-state index contributed by atoms with van der Waals surface area (Å²) in [6, 6.07) is 9.89. The molecule has 0 aliphatic heterocycles. The Morgan fingerprint density at radius 3 is 2.33 bits per heavy atom. The molecule has 0 saturated heterocycles. The maximum Gasteiger partial charge on any atom is 0.313 e. The zero-order valence-corrected chi connectivity index (χ0v) is 11.9. The van der Waals surface area contributed by atoms with Gasteiger partial charge in [0.2, 0.25) is 0 Å². The molecule has 2 heteroatoms. The summed E-state index contributed by atoms with van der Waals surface area (Å²) in [6.07, 6.45) is 1.97. The highest BCUT2D eigenvalue weighted by molar-refractivity contribution is 5.79. The van der Waals surface area contributed by atoms with Crippen molar-refractivity contribution < 1.29 is 9.53 Å². The lowest BCUT2D eigenvalue weighted by atomic mass is 9.76. The van der Waals surface area contributed by atoms with E-state index in [0.29, 0.717) is 6.61 Å². The Balaban J connectivity index is 2.83. The Morgan fingerprint density at radius 2 is 1.83 bits per heavy atom. The van der Waals surface area contributed by atoms with Gasteiger partial charge in [-0.25, -0.2) is 0 Å². The fourth-order valence-corrected chi connectivity index (χ4v) is 2.04. The molecule has 0 amide bonds. The fraction of sp³-hybridized carbons (Fsp3) is 0.562. The normalized spacial score (nSPS) is 13.1.